The molecule has 108 valence electrons. The van der Waals surface area contributed by atoms with E-state index in [1.807, 2.05) is 0 Å². The van der Waals surface area contributed by atoms with Gasteiger partial charge in [-0.05, 0) is 12.1 Å². The molecule has 1 amide bonds. The molecular weight excluding hydrogens is 282 g/mol. The first-order valence-corrected chi connectivity index (χ1v) is 6.74. The van der Waals surface area contributed by atoms with Gasteiger partial charge in [0.25, 0.3) is 0 Å². The number of ether oxygens (including phenoxy) is 1. The zero-order chi connectivity index (χ0) is 15.1. The third kappa shape index (κ3) is 4.58. The summed E-state index contributed by atoms with van der Waals surface area (Å²) in [6, 6.07) is 5.21. The number of benzene rings is 1. The second kappa shape index (κ2) is 7.54. The maximum absolute atomic E-state index is 11.9. The SMILES string of the molecule is COC(=O)C(CSC(=O)c1ccccc1O)NC(C)=O. The van der Waals surface area contributed by atoms with Gasteiger partial charge in [0.2, 0.25) is 11.0 Å². The second-order valence-electron chi connectivity index (χ2n) is 3.89. The highest BCUT2D eigenvalue weighted by Crippen LogP contribution is 2.22. The van der Waals surface area contributed by atoms with Gasteiger partial charge in [-0.3, -0.25) is 9.59 Å². The summed E-state index contributed by atoms with van der Waals surface area (Å²) in [6.45, 7) is 1.27. The van der Waals surface area contributed by atoms with Gasteiger partial charge in [0.05, 0.1) is 12.7 Å². The molecule has 1 aromatic carbocycles. The standard InChI is InChI=1S/C13H15NO5S/c1-8(15)14-10(12(17)19-2)7-20-13(18)9-5-3-4-6-11(9)16/h3-6,10,16H,7H2,1-2H3,(H,14,15). The Bertz CT molecular complexity index is 517. The minimum Gasteiger partial charge on any atom is -0.507 e. The van der Waals surface area contributed by atoms with Gasteiger partial charge in [-0.15, -0.1) is 0 Å². The van der Waals surface area contributed by atoms with E-state index in [0.717, 1.165) is 11.8 Å². The van der Waals surface area contributed by atoms with Crippen molar-refractivity contribution < 1.29 is 24.2 Å². The number of hydrogen-bond acceptors (Lipinski definition) is 6. The molecule has 20 heavy (non-hydrogen) atoms. The van der Waals surface area contributed by atoms with Crippen LogP contribution in [0.25, 0.3) is 0 Å². The van der Waals surface area contributed by atoms with Gasteiger partial charge >= 0.3 is 5.97 Å². The maximum Gasteiger partial charge on any atom is 0.329 e. The molecule has 0 aromatic heterocycles. The van der Waals surface area contributed by atoms with Crippen LogP contribution < -0.4 is 5.32 Å². The molecular formula is C13H15NO5S. The van der Waals surface area contributed by atoms with Gasteiger partial charge < -0.3 is 15.2 Å². The number of para-hydroxylation sites is 1. The summed E-state index contributed by atoms with van der Waals surface area (Å²) in [6.07, 6.45) is 0. The maximum atomic E-state index is 11.9. The van der Waals surface area contributed by atoms with E-state index < -0.39 is 17.9 Å². The fourth-order valence-corrected chi connectivity index (χ4v) is 2.30. The summed E-state index contributed by atoms with van der Waals surface area (Å²) < 4.78 is 4.55. The fourth-order valence-electron chi connectivity index (χ4n) is 1.44. The molecule has 0 radical (unpaired) electrons. The highest BCUT2D eigenvalue weighted by molar-refractivity contribution is 8.14. The zero-order valence-electron chi connectivity index (χ0n) is 11.1. The van der Waals surface area contributed by atoms with E-state index in [4.69, 9.17) is 0 Å². The molecule has 0 aliphatic heterocycles. The molecule has 0 saturated heterocycles. The topological polar surface area (TPSA) is 92.7 Å². The van der Waals surface area contributed by atoms with Gasteiger partial charge in [-0.2, -0.15) is 0 Å². The van der Waals surface area contributed by atoms with E-state index in [1.165, 1.54) is 26.2 Å². The van der Waals surface area contributed by atoms with E-state index in [0.29, 0.717) is 0 Å². The van der Waals surface area contributed by atoms with Gasteiger partial charge in [-0.25, -0.2) is 4.79 Å². The predicted molar refractivity (Wildman–Crippen MR) is 74.5 cm³/mol. The lowest BCUT2D eigenvalue weighted by Gasteiger charge is -2.14. The quantitative estimate of drug-likeness (QED) is 0.786. The number of thioether (sulfide) groups is 1. The second-order valence-corrected chi connectivity index (χ2v) is 4.88. The Morgan fingerprint density at radius 2 is 2.00 bits per heavy atom. The van der Waals surface area contributed by atoms with Crippen molar-refractivity contribution in [3.05, 3.63) is 29.8 Å². The van der Waals surface area contributed by atoms with E-state index in [9.17, 15) is 19.5 Å². The Labute approximate surface area is 120 Å². The molecule has 0 aliphatic rings. The molecule has 2 N–H and O–H groups in total. The zero-order valence-corrected chi connectivity index (χ0v) is 11.9. The Kier molecular flexibility index (Phi) is 6.05. The summed E-state index contributed by atoms with van der Waals surface area (Å²) in [5, 5.41) is 11.6. The van der Waals surface area contributed by atoms with Crippen LogP contribution in [0, 0.1) is 0 Å². The number of esters is 1. The van der Waals surface area contributed by atoms with E-state index in [-0.39, 0.29) is 22.2 Å². The Morgan fingerprint density at radius 1 is 1.35 bits per heavy atom. The molecule has 1 atom stereocenters. The van der Waals surface area contributed by atoms with Crippen LogP contribution in [0.2, 0.25) is 0 Å². The molecule has 0 bridgehead atoms. The number of carbonyl (C=O) groups excluding carboxylic acids is 3. The molecule has 0 spiro atoms. The number of phenols is 1. The van der Waals surface area contributed by atoms with Crippen LogP contribution in [-0.2, 0) is 14.3 Å². The van der Waals surface area contributed by atoms with Crippen LogP contribution in [0.5, 0.6) is 5.75 Å². The summed E-state index contributed by atoms with van der Waals surface area (Å²) in [5.41, 5.74) is 0.156. The average Bonchev–Trinajstić information content (AvgIpc) is 2.42. The number of rotatable bonds is 5. The van der Waals surface area contributed by atoms with Crippen molar-refractivity contribution in [2.45, 2.75) is 13.0 Å². The normalized spacial score (nSPS) is 11.5. The number of aromatic hydroxyl groups is 1. The summed E-state index contributed by atoms with van der Waals surface area (Å²) in [7, 11) is 1.20. The molecule has 1 aromatic rings. The van der Waals surface area contributed by atoms with Gasteiger partial charge in [-0.1, -0.05) is 23.9 Å². The van der Waals surface area contributed by atoms with Crippen LogP contribution in [0.4, 0.5) is 0 Å². The first-order chi connectivity index (χ1) is 9.45. The number of carbonyl (C=O) groups is 3. The number of phenolic OH excluding ortho intramolecular Hbond substituents is 1. The van der Waals surface area contributed by atoms with Crippen molar-refractivity contribution in [1.29, 1.82) is 0 Å². The minimum absolute atomic E-state index is 0.0272. The van der Waals surface area contributed by atoms with Crippen LogP contribution in [0.15, 0.2) is 24.3 Å². The van der Waals surface area contributed by atoms with Crippen LogP contribution in [0.3, 0.4) is 0 Å². The molecule has 1 unspecified atom stereocenters. The lowest BCUT2D eigenvalue weighted by atomic mass is 10.2. The van der Waals surface area contributed by atoms with Crippen molar-refractivity contribution in [3.63, 3.8) is 0 Å². The fraction of sp³-hybridized carbons (Fsp3) is 0.308. The number of hydrogen-bond donors (Lipinski definition) is 2. The van der Waals surface area contributed by atoms with Crippen molar-refractivity contribution in [3.8, 4) is 5.75 Å². The molecule has 6 nitrogen and oxygen atoms in total. The Morgan fingerprint density at radius 3 is 2.55 bits per heavy atom. The lowest BCUT2D eigenvalue weighted by Crippen LogP contribution is -2.42. The predicted octanol–water partition coefficient (Wildman–Crippen LogP) is 0.943. The first kappa shape index (κ1) is 16.0. The van der Waals surface area contributed by atoms with Crippen molar-refractivity contribution in [2.24, 2.45) is 0 Å². The average molecular weight is 297 g/mol. The highest BCUT2D eigenvalue weighted by Gasteiger charge is 2.22. The van der Waals surface area contributed by atoms with E-state index >= 15 is 0 Å². The summed E-state index contributed by atoms with van der Waals surface area (Å²) in [5.74, 6) is -1.12. The summed E-state index contributed by atoms with van der Waals surface area (Å²) >= 11 is 0.823. The van der Waals surface area contributed by atoms with Crippen LogP contribution in [-0.4, -0.2) is 41.0 Å². The van der Waals surface area contributed by atoms with Crippen molar-refractivity contribution in [1.82, 2.24) is 5.32 Å². The molecule has 1 rings (SSSR count). The molecule has 0 aliphatic carbocycles. The number of amides is 1. The van der Waals surface area contributed by atoms with Gasteiger partial charge in [0, 0.05) is 12.7 Å². The summed E-state index contributed by atoms with van der Waals surface area (Å²) in [4.78, 5) is 34.3. The van der Waals surface area contributed by atoms with Crippen LogP contribution >= 0.6 is 11.8 Å². The smallest absolute Gasteiger partial charge is 0.329 e. The third-order valence-corrected chi connectivity index (χ3v) is 3.35. The molecule has 0 fully saturated rings. The minimum atomic E-state index is -0.905. The Hall–Kier alpha value is -2.02. The van der Waals surface area contributed by atoms with Gasteiger partial charge in [0.15, 0.2) is 0 Å². The van der Waals surface area contributed by atoms with Gasteiger partial charge in [0.1, 0.15) is 11.8 Å². The molecule has 0 saturated carbocycles. The molecule has 7 heteroatoms. The molecule has 0 heterocycles. The monoisotopic (exact) mass is 297 g/mol. The largest absolute Gasteiger partial charge is 0.507 e. The Balaban J connectivity index is 2.68. The lowest BCUT2D eigenvalue weighted by molar-refractivity contribution is -0.144. The van der Waals surface area contributed by atoms with Crippen molar-refractivity contribution in [2.75, 3.05) is 12.9 Å². The van der Waals surface area contributed by atoms with Crippen molar-refractivity contribution >= 4 is 28.8 Å². The number of methoxy groups -OCH3 is 1. The highest BCUT2D eigenvalue weighted by atomic mass is 32.2. The van der Waals surface area contributed by atoms with E-state index in [1.54, 1.807) is 12.1 Å². The third-order valence-electron chi connectivity index (χ3n) is 2.37. The van der Waals surface area contributed by atoms with E-state index in [2.05, 4.69) is 10.1 Å². The first-order valence-electron chi connectivity index (χ1n) is 5.75. The van der Waals surface area contributed by atoms with Crippen LogP contribution in [0.1, 0.15) is 17.3 Å². The number of nitrogens with one attached hydrogen (secondary N) is 1.